The van der Waals surface area contributed by atoms with Crippen LogP contribution in [0.2, 0.25) is 0 Å². The SMILES string of the molecule is CCC(N)C(c1ccc(C)o1)N1C[C@@H](C)O[C@@H](C)C1. The van der Waals surface area contributed by atoms with Crippen molar-refractivity contribution in [2.24, 2.45) is 5.73 Å². The summed E-state index contributed by atoms with van der Waals surface area (Å²) in [7, 11) is 0. The van der Waals surface area contributed by atoms with Gasteiger partial charge in [0, 0.05) is 19.1 Å². The predicted octanol–water partition coefficient (Wildman–Crippen LogP) is 2.48. The zero-order valence-electron chi connectivity index (χ0n) is 12.4. The summed E-state index contributed by atoms with van der Waals surface area (Å²) in [6.45, 7) is 10.1. The van der Waals surface area contributed by atoms with Crippen molar-refractivity contribution in [2.75, 3.05) is 13.1 Å². The summed E-state index contributed by atoms with van der Waals surface area (Å²) in [5, 5.41) is 0. The lowest BCUT2D eigenvalue weighted by molar-refractivity contribution is -0.0861. The molecule has 0 saturated carbocycles. The molecule has 19 heavy (non-hydrogen) atoms. The van der Waals surface area contributed by atoms with Crippen LogP contribution in [0.15, 0.2) is 16.5 Å². The van der Waals surface area contributed by atoms with E-state index in [1.165, 1.54) is 0 Å². The molecule has 0 amide bonds. The minimum Gasteiger partial charge on any atom is -0.465 e. The second-order valence-corrected chi connectivity index (χ2v) is 5.68. The molecule has 1 aromatic rings. The molecular formula is C15H26N2O2. The van der Waals surface area contributed by atoms with Crippen molar-refractivity contribution in [2.45, 2.75) is 58.4 Å². The van der Waals surface area contributed by atoms with Gasteiger partial charge in [0.2, 0.25) is 0 Å². The van der Waals surface area contributed by atoms with Crippen molar-refractivity contribution in [3.05, 3.63) is 23.7 Å². The highest BCUT2D eigenvalue weighted by Crippen LogP contribution is 2.29. The average Bonchev–Trinajstić information content (AvgIpc) is 2.74. The van der Waals surface area contributed by atoms with E-state index < -0.39 is 0 Å². The van der Waals surface area contributed by atoms with Crippen LogP contribution in [0.1, 0.15) is 44.8 Å². The molecule has 4 atom stereocenters. The van der Waals surface area contributed by atoms with E-state index in [0.717, 1.165) is 31.0 Å². The largest absolute Gasteiger partial charge is 0.465 e. The lowest BCUT2D eigenvalue weighted by Gasteiger charge is -2.41. The van der Waals surface area contributed by atoms with E-state index >= 15 is 0 Å². The monoisotopic (exact) mass is 266 g/mol. The Balaban J connectivity index is 2.22. The van der Waals surface area contributed by atoms with Crippen LogP contribution in [0.4, 0.5) is 0 Å². The number of rotatable bonds is 4. The summed E-state index contributed by atoms with van der Waals surface area (Å²) in [4.78, 5) is 2.41. The number of furan rings is 1. The van der Waals surface area contributed by atoms with Crippen LogP contribution < -0.4 is 5.73 Å². The van der Waals surface area contributed by atoms with Gasteiger partial charge in [-0.3, -0.25) is 4.90 Å². The van der Waals surface area contributed by atoms with Crippen LogP contribution in [-0.4, -0.2) is 36.2 Å². The first kappa shape index (κ1) is 14.6. The van der Waals surface area contributed by atoms with Crippen molar-refractivity contribution in [1.82, 2.24) is 4.90 Å². The first-order valence-corrected chi connectivity index (χ1v) is 7.22. The van der Waals surface area contributed by atoms with Crippen molar-refractivity contribution in [1.29, 1.82) is 0 Å². The smallest absolute Gasteiger partial charge is 0.122 e. The third-order valence-electron chi connectivity index (χ3n) is 3.77. The molecular weight excluding hydrogens is 240 g/mol. The molecule has 2 N–H and O–H groups in total. The van der Waals surface area contributed by atoms with Crippen LogP contribution in [0, 0.1) is 6.92 Å². The fourth-order valence-corrected chi connectivity index (χ4v) is 2.94. The van der Waals surface area contributed by atoms with Crippen LogP contribution in [-0.2, 0) is 4.74 Å². The standard InChI is InChI=1S/C15H26N2O2/c1-5-13(16)15(14-7-6-10(2)19-14)17-8-11(3)18-12(4)9-17/h6-7,11-13,15H,5,8-9,16H2,1-4H3/t11-,12+,13?,15?. The Kier molecular flexibility index (Phi) is 4.66. The van der Waals surface area contributed by atoms with Gasteiger partial charge < -0.3 is 14.9 Å². The van der Waals surface area contributed by atoms with Gasteiger partial charge in [-0.05, 0) is 39.3 Å². The van der Waals surface area contributed by atoms with Crippen molar-refractivity contribution < 1.29 is 9.15 Å². The predicted molar refractivity (Wildman–Crippen MR) is 76.0 cm³/mol. The van der Waals surface area contributed by atoms with Gasteiger partial charge in [0.05, 0.1) is 18.2 Å². The van der Waals surface area contributed by atoms with Gasteiger partial charge in [-0.2, -0.15) is 0 Å². The first-order valence-electron chi connectivity index (χ1n) is 7.22. The topological polar surface area (TPSA) is 51.6 Å². The number of hydrogen-bond acceptors (Lipinski definition) is 4. The number of nitrogens with zero attached hydrogens (tertiary/aromatic N) is 1. The number of morpholine rings is 1. The molecule has 2 unspecified atom stereocenters. The molecule has 1 fully saturated rings. The quantitative estimate of drug-likeness (QED) is 0.909. The summed E-state index contributed by atoms with van der Waals surface area (Å²) >= 11 is 0. The molecule has 1 saturated heterocycles. The highest BCUT2D eigenvalue weighted by Gasteiger charge is 2.33. The summed E-state index contributed by atoms with van der Waals surface area (Å²) in [5.74, 6) is 1.92. The van der Waals surface area contributed by atoms with Crippen LogP contribution in [0.3, 0.4) is 0 Å². The van der Waals surface area contributed by atoms with Crippen molar-refractivity contribution in [3.63, 3.8) is 0 Å². The van der Waals surface area contributed by atoms with Gasteiger partial charge in [0.25, 0.3) is 0 Å². The maximum atomic E-state index is 6.34. The molecule has 2 heterocycles. The maximum absolute atomic E-state index is 6.34. The highest BCUT2D eigenvalue weighted by molar-refractivity contribution is 5.12. The van der Waals surface area contributed by atoms with Gasteiger partial charge in [-0.25, -0.2) is 0 Å². The minimum absolute atomic E-state index is 0.0862. The Labute approximate surface area is 115 Å². The second kappa shape index (κ2) is 6.07. The van der Waals surface area contributed by atoms with Gasteiger partial charge >= 0.3 is 0 Å². The fourth-order valence-electron chi connectivity index (χ4n) is 2.94. The molecule has 0 bridgehead atoms. The van der Waals surface area contributed by atoms with Crippen molar-refractivity contribution in [3.8, 4) is 0 Å². The molecule has 1 aliphatic heterocycles. The average molecular weight is 266 g/mol. The Morgan fingerprint density at radius 1 is 1.32 bits per heavy atom. The molecule has 2 rings (SSSR count). The van der Waals surface area contributed by atoms with Gasteiger partial charge in [0.15, 0.2) is 0 Å². The van der Waals surface area contributed by atoms with E-state index in [0.29, 0.717) is 0 Å². The van der Waals surface area contributed by atoms with E-state index in [9.17, 15) is 0 Å². The fraction of sp³-hybridized carbons (Fsp3) is 0.733. The van der Waals surface area contributed by atoms with Crippen LogP contribution in [0.5, 0.6) is 0 Å². The molecule has 1 aromatic heterocycles. The number of aryl methyl sites for hydroxylation is 1. The maximum Gasteiger partial charge on any atom is 0.122 e. The van der Waals surface area contributed by atoms with Crippen LogP contribution >= 0.6 is 0 Å². The summed E-state index contributed by atoms with van der Waals surface area (Å²) < 4.78 is 11.6. The summed E-state index contributed by atoms with van der Waals surface area (Å²) in [6.07, 6.45) is 1.42. The number of ether oxygens (including phenoxy) is 1. The Hall–Kier alpha value is -0.840. The third-order valence-corrected chi connectivity index (χ3v) is 3.77. The van der Waals surface area contributed by atoms with Gasteiger partial charge in [0.1, 0.15) is 11.5 Å². The second-order valence-electron chi connectivity index (χ2n) is 5.68. The Morgan fingerprint density at radius 2 is 1.95 bits per heavy atom. The molecule has 0 spiro atoms. The molecule has 0 aromatic carbocycles. The molecule has 108 valence electrons. The van der Waals surface area contributed by atoms with E-state index in [1.807, 2.05) is 13.0 Å². The summed E-state index contributed by atoms with van der Waals surface area (Å²) in [5.41, 5.74) is 6.34. The molecule has 1 aliphatic rings. The van der Waals surface area contributed by atoms with E-state index in [4.69, 9.17) is 14.9 Å². The van der Waals surface area contributed by atoms with E-state index in [1.54, 1.807) is 0 Å². The Morgan fingerprint density at radius 3 is 2.42 bits per heavy atom. The van der Waals surface area contributed by atoms with Crippen molar-refractivity contribution >= 4 is 0 Å². The van der Waals surface area contributed by atoms with E-state index in [2.05, 4.69) is 31.7 Å². The number of hydrogen-bond donors (Lipinski definition) is 1. The van der Waals surface area contributed by atoms with Gasteiger partial charge in [-0.1, -0.05) is 6.92 Å². The molecule has 4 heteroatoms. The lowest BCUT2D eigenvalue weighted by Crippen LogP contribution is -2.51. The van der Waals surface area contributed by atoms with E-state index in [-0.39, 0.29) is 24.3 Å². The first-order chi connectivity index (χ1) is 9.01. The third kappa shape index (κ3) is 3.38. The van der Waals surface area contributed by atoms with Gasteiger partial charge in [-0.15, -0.1) is 0 Å². The molecule has 0 radical (unpaired) electrons. The summed E-state index contributed by atoms with van der Waals surface area (Å²) in [6, 6.07) is 4.30. The Bertz CT molecular complexity index is 395. The zero-order chi connectivity index (χ0) is 14.0. The zero-order valence-corrected chi connectivity index (χ0v) is 12.4. The normalized spacial score (nSPS) is 28.3. The molecule has 4 nitrogen and oxygen atoms in total. The molecule has 0 aliphatic carbocycles. The highest BCUT2D eigenvalue weighted by atomic mass is 16.5. The minimum atomic E-state index is 0.0862. The van der Waals surface area contributed by atoms with Crippen LogP contribution in [0.25, 0.3) is 0 Å². The number of nitrogens with two attached hydrogens (primary N) is 1. The lowest BCUT2D eigenvalue weighted by atomic mass is 10.0.